The van der Waals surface area contributed by atoms with Crippen molar-refractivity contribution in [1.29, 1.82) is 0 Å². The molecule has 5 nitrogen and oxygen atoms in total. The van der Waals surface area contributed by atoms with Crippen LogP contribution in [0.2, 0.25) is 0 Å². The van der Waals surface area contributed by atoms with E-state index in [0.29, 0.717) is 12.1 Å². The number of ether oxygens (including phenoxy) is 2. The fourth-order valence-corrected chi connectivity index (χ4v) is 2.68. The van der Waals surface area contributed by atoms with Gasteiger partial charge in [0.2, 0.25) is 12.0 Å². The van der Waals surface area contributed by atoms with Gasteiger partial charge in [-0.1, -0.05) is 12.1 Å². The monoisotopic (exact) mass is 517 g/mol. The maximum absolute atomic E-state index is 13.1. The number of carbonyl (C=O) groups is 2. The molecule has 14 heteroatoms. The van der Waals surface area contributed by atoms with Crippen molar-refractivity contribution in [1.82, 2.24) is 5.32 Å². The molecule has 192 valence electrons. The van der Waals surface area contributed by atoms with Gasteiger partial charge in [0, 0.05) is 12.5 Å². The van der Waals surface area contributed by atoms with Crippen LogP contribution in [0.1, 0.15) is 35.3 Å². The van der Waals surface area contributed by atoms with Crippen LogP contribution in [0.15, 0.2) is 42.5 Å². The van der Waals surface area contributed by atoms with Crippen molar-refractivity contribution in [2.24, 2.45) is 0 Å². The summed E-state index contributed by atoms with van der Waals surface area (Å²) in [5.74, 6) is -2.85. The van der Waals surface area contributed by atoms with Gasteiger partial charge in [0.15, 0.2) is 0 Å². The SMILES string of the molecule is CC(=O)NCCOC(=O)C(Oc1cc(C(F)(F)F)cc(C(F)(F)F)c1)c1ccc(C(F)(F)F)cc1. The fourth-order valence-electron chi connectivity index (χ4n) is 2.68. The van der Waals surface area contributed by atoms with Gasteiger partial charge in [-0.3, -0.25) is 4.79 Å². The van der Waals surface area contributed by atoms with E-state index in [-0.39, 0.29) is 30.3 Å². The molecule has 0 aromatic heterocycles. The predicted octanol–water partition coefficient (Wildman–Crippen LogP) is 5.54. The molecule has 0 aliphatic heterocycles. The van der Waals surface area contributed by atoms with E-state index in [9.17, 15) is 49.1 Å². The van der Waals surface area contributed by atoms with E-state index in [0.717, 1.165) is 19.1 Å². The molecule has 0 radical (unpaired) electrons. The van der Waals surface area contributed by atoms with Crippen LogP contribution < -0.4 is 10.1 Å². The Morgan fingerprint density at radius 3 is 1.71 bits per heavy atom. The van der Waals surface area contributed by atoms with Crippen LogP contribution in [-0.2, 0) is 32.9 Å². The number of rotatable bonds is 7. The van der Waals surface area contributed by atoms with Gasteiger partial charge in [-0.15, -0.1) is 0 Å². The highest BCUT2D eigenvalue weighted by atomic mass is 19.4. The van der Waals surface area contributed by atoms with Crippen LogP contribution in [0.25, 0.3) is 0 Å². The molecule has 0 aliphatic carbocycles. The van der Waals surface area contributed by atoms with Gasteiger partial charge in [0.05, 0.1) is 23.2 Å². The number of benzene rings is 2. The number of hydrogen-bond acceptors (Lipinski definition) is 4. The van der Waals surface area contributed by atoms with Gasteiger partial charge < -0.3 is 14.8 Å². The summed E-state index contributed by atoms with van der Waals surface area (Å²) in [4.78, 5) is 23.4. The number of amides is 1. The lowest BCUT2D eigenvalue weighted by Crippen LogP contribution is -2.28. The second kappa shape index (κ2) is 10.4. The van der Waals surface area contributed by atoms with Crippen LogP contribution in [0, 0.1) is 0 Å². The first-order valence-corrected chi connectivity index (χ1v) is 9.53. The summed E-state index contributed by atoms with van der Waals surface area (Å²) in [6.45, 7) is 0.500. The quantitative estimate of drug-likeness (QED) is 0.298. The van der Waals surface area contributed by atoms with Crippen LogP contribution in [0.5, 0.6) is 5.75 Å². The molecular formula is C21H16F9NO4. The third-order valence-corrected chi connectivity index (χ3v) is 4.29. The van der Waals surface area contributed by atoms with Gasteiger partial charge in [0.25, 0.3) is 0 Å². The molecule has 0 saturated heterocycles. The average molecular weight is 517 g/mol. The smallest absolute Gasteiger partial charge is 0.416 e. The molecule has 0 spiro atoms. The first-order chi connectivity index (χ1) is 16.0. The van der Waals surface area contributed by atoms with Gasteiger partial charge in [-0.2, -0.15) is 39.5 Å². The molecule has 0 bridgehead atoms. The van der Waals surface area contributed by atoms with Gasteiger partial charge in [-0.25, -0.2) is 4.79 Å². The van der Waals surface area contributed by atoms with E-state index in [4.69, 9.17) is 9.47 Å². The maximum atomic E-state index is 13.1. The molecule has 0 aliphatic rings. The van der Waals surface area contributed by atoms with E-state index < -0.39 is 65.6 Å². The molecule has 1 unspecified atom stereocenters. The molecule has 0 saturated carbocycles. The second-order valence-electron chi connectivity index (χ2n) is 7.01. The summed E-state index contributed by atoms with van der Waals surface area (Å²) in [7, 11) is 0. The fraction of sp³-hybridized carbons (Fsp3) is 0.333. The largest absolute Gasteiger partial charge is 0.474 e. The number of esters is 1. The minimum atomic E-state index is -5.21. The minimum Gasteiger partial charge on any atom is -0.474 e. The second-order valence-corrected chi connectivity index (χ2v) is 7.01. The minimum absolute atomic E-state index is 0.161. The van der Waals surface area contributed by atoms with Crippen molar-refractivity contribution in [2.45, 2.75) is 31.6 Å². The molecule has 1 amide bonds. The molecule has 1 atom stereocenters. The number of alkyl halides is 9. The van der Waals surface area contributed by atoms with Gasteiger partial charge in [0.1, 0.15) is 12.4 Å². The van der Waals surface area contributed by atoms with E-state index in [1.54, 1.807) is 0 Å². The summed E-state index contributed by atoms with van der Waals surface area (Å²) in [5, 5.41) is 2.27. The lowest BCUT2D eigenvalue weighted by Gasteiger charge is -2.21. The Bertz CT molecular complexity index is 1010. The molecule has 1 N–H and O–H groups in total. The zero-order valence-corrected chi connectivity index (χ0v) is 17.6. The number of hydrogen-bond donors (Lipinski definition) is 1. The normalized spacial score (nSPS) is 13.2. The Morgan fingerprint density at radius 2 is 1.29 bits per heavy atom. The van der Waals surface area contributed by atoms with Crippen molar-refractivity contribution in [3.05, 3.63) is 64.7 Å². The highest BCUT2D eigenvalue weighted by Gasteiger charge is 2.38. The van der Waals surface area contributed by atoms with Crippen molar-refractivity contribution >= 4 is 11.9 Å². The van der Waals surface area contributed by atoms with E-state index >= 15 is 0 Å². The summed E-state index contributed by atoms with van der Waals surface area (Å²) < 4.78 is 127. The number of halogens is 9. The van der Waals surface area contributed by atoms with Gasteiger partial charge >= 0.3 is 24.5 Å². The lowest BCUT2D eigenvalue weighted by atomic mass is 10.1. The third kappa shape index (κ3) is 8.07. The van der Waals surface area contributed by atoms with Crippen molar-refractivity contribution in [2.75, 3.05) is 13.2 Å². The van der Waals surface area contributed by atoms with Crippen LogP contribution in [0.3, 0.4) is 0 Å². The first-order valence-electron chi connectivity index (χ1n) is 9.53. The van der Waals surface area contributed by atoms with E-state index in [1.165, 1.54) is 0 Å². The van der Waals surface area contributed by atoms with Crippen molar-refractivity contribution in [3.63, 3.8) is 0 Å². The van der Waals surface area contributed by atoms with Crippen LogP contribution in [-0.4, -0.2) is 25.0 Å². The Labute approximate surface area is 191 Å². The van der Waals surface area contributed by atoms with Crippen molar-refractivity contribution < 1.29 is 58.6 Å². The highest BCUT2D eigenvalue weighted by Crippen LogP contribution is 2.39. The first kappa shape index (κ1) is 27.8. The molecular weight excluding hydrogens is 501 g/mol. The standard InChI is InChI=1S/C21H16F9NO4/c1-11(32)31-6-7-34-18(33)17(12-2-4-13(5-3-12)19(22,23)24)35-16-9-14(20(25,26)27)8-15(10-16)21(28,29)30/h2-5,8-10,17H,6-7H2,1H3,(H,31,32). The summed E-state index contributed by atoms with van der Waals surface area (Å²) >= 11 is 0. The number of carbonyl (C=O) groups excluding carboxylic acids is 2. The Hall–Kier alpha value is -3.45. The molecule has 2 aromatic carbocycles. The molecule has 2 aromatic rings. The zero-order chi connectivity index (χ0) is 26.6. The van der Waals surface area contributed by atoms with E-state index in [2.05, 4.69) is 5.32 Å². The zero-order valence-electron chi connectivity index (χ0n) is 17.6. The average Bonchev–Trinajstić information content (AvgIpc) is 2.73. The summed E-state index contributed by atoms with van der Waals surface area (Å²) in [6.07, 6.45) is -17.2. The summed E-state index contributed by atoms with van der Waals surface area (Å²) in [5.41, 5.74) is -4.93. The van der Waals surface area contributed by atoms with E-state index in [1.807, 2.05) is 0 Å². The predicted molar refractivity (Wildman–Crippen MR) is 101 cm³/mol. The van der Waals surface area contributed by atoms with Crippen molar-refractivity contribution in [3.8, 4) is 5.75 Å². The Morgan fingerprint density at radius 1 is 0.800 bits per heavy atom. The van der Waals surface area contributed by atoms with Crippen LogP contribution >= 0.6 is 0 Å². The molecule has 35 heavy (non-hydrogen) atoms. The molecule has 2 rings (SSSR count). The maximum Gasteiger partial charge on any atom is 0.416 e. The molecule has 0 fully saturated rings. The summed E-state index contributed by atoms with van der Waals surface area (Å²) in [6, 6.07) is 2.87. The number of nitrogens with one attached hydrogen (secondary N) is 1. The molecule has 0 heterocycles. The Kier molecular flexibility index (Phi) is 8.29. The Balaban J connectivity index is 2.45. The van der Waals surface area contributed by atoms with Gasteiger partial charge in [-0.05, 0) is 30.3 Å². The third-order valence-electron chi connectivity index (χ3n) is 4.29. The lowest BCUT2D eigenvalue weighted by molar-refractivity contribution is -0.152. The highest BCUT2D eigenvalue weighted by molar-refractivity contribution is 5.77. The topological polar surface area (TPSA) is 64.6 Å². The van der Waals surface area contributed by atoms with Crippen LogP contribution in [0.4, 0.5) is 39.5 Å².